The van der Waals surface area contributed by atoms with Gasteiger partial charge in [-0.15, -0.1) is 0 Å². The molecule has 8 heteroatoms. The first-order chi connectivity index (χ1) is 12.3. The first-order valence-corrected chi connectivity index (χ1v) is 8.93. The smallest absolute Gasteiger partial charge is 0.412 e. The van der Waals surface area contributed by atoms with Crippen LogP contribution in [0.3, 0.4) is 0 Å². The van der Waals surface area contributed by atoms with Crippen LogP contribution in [-0.4, -0.2) is 43.7 Å². The predicted molar refractivity (Wildman–Crippen MR) is 96.8 cm³/mol. The molecule has 0 aromatic heterocycles. The van der Waals surface area contributed by atoms with Crippen molar-refractivity contribution in [3.8, 4) is 0 Å². The molecule has 0 fully saturated rings. The number of cyclic esters (lactones) is 1. The number of halogens is 2. The summed E-state index contributed by atoms with van der Waals surface area (Å²) in [7, 11) is 3.34. The highest BCUT2D eigenvalue weighted by atomic mass is 35.5. The molecule has 144 valence electrons. The van der Waals surface area contributed by atoms with Crippen LogP contribution in [0.25, 0.3) is 0 Å². The maximum atomic E-state index is 14.3. The van der Waals surface area contributed by atoms with Crippen molar-refractivity contribution in [1.82, 2.24) is 4.90 Å². The second-order valence-corrected chi connectivity index (χ2v) is 6.79. The number of hydrogen-bond donors (Lipinski definition) is 1. The van der Waals surface area contributed by atoms with Crippen LogP contribution in [-0.2, 0) is 14.3 Å². The number of rotatable bonds is 8. The molecule has 1 aromatic rings. The molecule has 0 aliphatic carbocycles. The quantitative estimate of drug-likeness (QED) is 0.729. The van der Waals surface area contributed by atoms with Crippen molar-refractivity contribution in [1.29, 1.82) is 0 Å². The number of fused-ring (bicyclic) bond motifs is 1. The van der Waals surface area contributed by atoms with Gasteiger partial charge in [0.25, 0.3) is 0 Å². The molecule has 1 aliphatic rings. The SMILES string of the molecule is COC(C)CCC(=O)N(C)CCCC1OC(=O)Nc2ccc(Cl)c(F)c21. The highest BCUT2D eigenvalue weighted by Crippen LogP contribution is 2.38. The second-order valence-electron chi connectivity index (χ2n) is 6.38. The lowest BCUT2D eigenvalue weighted by Crippen LogP contribution is -2.30. The number of carbonyl (C=O) groups excluding carboxylic acids is 2. The molecule has 1 aromatic carbocycles. The Balaban J connectivity index is 1.91. The molecule has 0 bridgehead atoms. The fourth-order valence-corrected chi connectivity index (χ4v) is 2.96. The molecule has 1 aliphatic heterocycles. The third-order valence-electron chi connectivity index (χ3n) is 4.49. The lowest BCUT2D eigenvalue weighted by Gasteiger charge is -2.27. The second kappa shape index (κ2) is 9.19. The van der Waals surface area contributed by atoms with Gasteiger partial charge >= 0.3 is 6.09 Å². The summed E-state index contributed by atoms with van der Waals surface area (Å²) in [4.78, 5) is 25.4. The van der Waals surface area contributed by atoms with Gasteiger partial charge in [0.15, 0.2) is 5.82 Å². The van der Waals surface area contributed by atoms with Crippen molar-refractivity contribution in [2.24, 2.45) is 0 Å². The number of ether oxygens (including phenoxy) is 2. The third-order valence-corrected chi connectivity index (χ3v) is 4.79. The summed E-state index contributed by atoms with van der Waals surface area (Å²) in [5.41, 5.74) is 0.617. The summed E-state index contributed by atoms with van der Waals surface area (Å²) in [5, 5.41) is 2.45. The molecule has 26 heavy (non-hydrogen) atoms. The maximum absolute atomic E-state index is 14.3. The van der Waals surface area contributed by atoms with Gasteiger partial charge in [0, 0.05) is 27.1 Å². The Morgan fingerprint density at radius 1 is 1.50 bits per heavy atom. The third kappa shape index (κ3) is 5.08. The number of nitrogens with one attached hydrogen (secondary N) is 1. The van der Waals surface area contributed by atoms with E-state index in [2.05, 4.69) is 5.32 Å². The van der Waals surface area contributed by atoms with Crippen LogP contribution in [0.15, 0.2) is 12.1 Å². The van der Waals surface area contributed by atoms with Gasteiger partial charge < -0.3 is 14.4 Å². The number of hydrogen-bond acceptors (Lipinski definition) is 4. The Labute approximate surface area is 157 Å². The Morgan fingerprint density at radius 2 is 2.23 bits per heavy atom. The van der Waals surface area contributed by atoms with Gasteiger partial charge in [0.05, 0.1) is 22.4 Å². The van der Waals surface area contributed by atoms with E-state index < -0.39 is 18.0 Å². The van der Waals surface area contributed by atoms with Gasteiger partial charge in [-0.2, -0.15) is 0 Å². The Bertz CT molecular complexity index is 671. The maximum Gasteiger partial charge on any atom is 0.412 e. The highest BCUT2D eigenvalue weighted by molar-refractivity contribution is 6.31. The van der Waals surface area contributed by atoms with Crippen molar-refractivity contribution in [2.75, 3.05) is 26.0 Å². The van der Waals surface area contributed by atoms with Crippen LogP contribution in [0.1, 0.15) is 44.3 Å². The zero-order chi connectivity index (χ0) is 19.3. The van der Waals surface area contributed by atoms with Crippen LogP contribution < -0.4 is 5.32 Å². The molecule has 0 radical (unpaired) electrons. The molecular formula is C18H24ClFN2O4. The first-order valence-electron chi connectivity index (χ1n) is 8.55. The average Bonchev–Trinajstić information content (AvgIpc) is 2.61. The standard InChI is InChI=1S/C18H24ClFN2O4/c1-11(25-3)6-9-15(23)22(2)10-4-5-14-16-13(21-18(24)26-14)8-7-12(19)17(16)20/h7-8,11,14H,4-6,9-10H2,1-3H3,(H,21,24). The minimum Gasteiger partial charge on any atom is -0.441 e. The van der Waals surface area contributed by atoms with E-state index in [1.165, 1.54) is 6.07 Å². The van der Waals surface area contributed by atoms with Gasteiger partial charge in [0.2, 0.25) is 5.91 Å². The normalized spacial score (nSPS) is 17.1. The molecule has 0 saturated carbocycles. The number of nitrogens with zero attached hydrogens (tertiary/aromatic N) is 1. The Hall–Kier alpha value is -1.86. The van der Waals surface area contributed by atoms with Crippen LogP contribution in [0.4, 0.5) is 14.9 Å². The monoisotopic (exact) mass is 386 g/mol. The van der Waals surface area contributed by atoms with Crippen molar-refractivity contribution < 1.29 is 23.5 Å². The van der Waals surface area contributed by atoms with Crippen molar-refractivity contribution in [3.05, 3.63) is 28.5 Å². The molecule has 2 atom stereocenters. The first kappa shape index (κ1) is 20.5. The fourth-order valence-electron chi connectivity index (χ4n) is 2.79. The van der Waals surface area contributed by atoms with Gasteiger partial charge in [-0.1, -0.05) is 11.6 Å². The van der Waals surface area contributed by atoms with E-state index in [1.54, 1.807) is 25.1 Å². The summed E-state index contributed by atoms with van der Waals surface area (Å²) in [5.74, 6) is -0.571. The number of amides is 2. The summed E-state index contributed by atoms with van der Waals surface area (Å²) >= 11 is 5.84. The molecule has 2 unspecified atom stereocenters. The van der Waals surface area contributed by atoms with Gasteiger partial charge in [-0.05, 0) is 38.3 Å². The molecule has 0 spiro atoms. The summed E-state index contributed by atoms with van der Waals surface area (Å²) < 4.78 is 24.7. The van der Waals surface area contributed by atoms with Crippen LogP contribution >= 0.6 is 11.6 Å². The average molecular weight is 387 g/mol. The van der Waals surface area contributed by atoms with E-state index in [9.17, 15) is 14.0 Å². The molecule has 6 nitrogen and oxygen atoms in total. The van der Waals surface area contributed by atoms with E-state index in [0.29, 0.717) is 37.9 Å². The van der Waals surface area contributed by atoms with E-state index >= 15 is 0 Å². The van der Waals surface area contributed by atoms with Crippen molar-refractivity contribution in [3.63, 3.8) is 0 Å². The number of carbonyl (C=O) groups is 2. The summed E-state index contributed by atoms with van der Waals surface area (Å²) in [6.45, 7) is 2.40. The topological polar surface area (TPSA) is 67.9 Å². The van der Waals surface area contributed by atoms with Crippen LogP contribution in [0.2, 0.25) is 5.02 Å². The molecule has 2 rings (SSSR count). The predicted octanol–water partition coefficient (Wildman–Crippen LogP) is 4.14. The number of benzene rings is 1. The zero-order valence-electron chi connectivity index (χ0n) is 15.2. The molecular weight excluding hydrogens is 363 g/mol. The van der Waals surface area contributed by atoms with Crippen LogP contribution in [0.5, 0.6) is 0 Å². The van der Waals surface area contributed by atoms with E-state index in [1.807, 2.05) is 6.92 Å². The van der Waals surface area contributed by atoms with Gasteiger partial charge in [0.1, 0.15) is 6.10 Å². The molecule has 1 N–H and O–H groups in total. The van der Waals surface area contributed by atoms with Gasteiger partial charge in [-0.25, -0.2) is 9.18 Å². The largest absolute Gasteiger partial charge is 0.441 e. The van der Waals surface area contributed by atoms with Gasteiger partial charge in [-0.3, -0.25) is 10.1 Å². The Kier molecular flexibility index (Phi) is 7.23. The number of anilines is 1. The summed E-state index contributed by atoms with van der Waals surface area (Å²) in [6.07, 6.45) is 0.695. The lowest BCUT2D eigenvalue weighted by molar-refractivity contribution is -0.130. The Morgan fingerprint density at radius 3 is 2.92 bits per heavy atom. The molecule has 0 saturated heterocycles. The number of methoxy groups -OCH3 is 1. The zero-order valence-corrected chi connectivity index (χ0v) is 15.9. The molecule has 1 heterocycles. The van der Waals surface area contributed by atoms with E-state index in [-0.39, 0.29) is 22.6 Å². The molecule has 2 amide bonds. The minimum atomic E-state index is -0.727. The lowest BCUT2D eigenvalue weighted by atomic mass is 10.0. The van der Waals surface area contributed by atoms with Crippen molar-refractivity contribution in [2.45, 2.75) is 44.8 Å². The minimum absolute atomic E-state index is 0.0193. The van der Waals surface area contributed by atoms with E-state index in [4.69, 9.17) is 21.1 Å². The summed E-state index contributed by atoms with van der Waals surface area (Å²) in [6, 6.07) is 2.95. The fraction of sp³-hybridized carbons (Fsp3) is 0.556. The van der Waals surface area contributed by atoms with Crippen LogP contribution in [0, 0.1) is 5.82 Å². The van der Waals surface area contributed by atoms with Crippen molar-refractivity contribution >= 4 is 29.3 Å². The van der Waals surface area contributed by atoms with E-state index in [0.717, 1.165) is 0 Å². The highest BCUT2D eigenvalue weighted by Gasteiger charge is 2.30.